The van der Waals surface area contributed by atoms with Gasteiger partial charge in [-0.3, -0.25) is 4.98 Å². The molecule has 2 aromatic rings. The van der Waals surface area contributed by atoms with Gasteiger partial charge >= 0.3 is 0 Å². The molecule has 0 aliphatic carbocycles. The molecule has 0 saturated heterocycles. The lowest BCUT2D eigenvalue weighted by atomic mass is 10.1. The lowest BCUT2D eigenvalue weighted by Crippen LogP contribution is -2.22. The molecular formula is C12H14N2S. The first-order valence-electron chi connectivity index (χ1n) is 5.08. The molecule has 0 aliphatic rings. The van der Waals surface area contributed by atoms with Crippen molar-refractivity contribution in [2.45, 2.75) is 13.0 Å². The first-order valence-corrected chi connectivity index (χ1v) is 6.02. The summed E-state index contributed by atoms with van der Waals surface area (Å²) in [5, 5.41) is 7.71. The largest absolute Gasteiger partial charge is 0.305 e. The molecule has 0 spiro atoms. The molecule has 0 aliphatic heterocycles. The van der Waals surface area contributed by atoms with Gasteiger partial charge in [-0.15, -0.1) is 0 Å². The van der Waals surface area contributed by atoms with Crippen molar-refractivity contribution in [2.24, 2.45) is 0 Å². The van der Waals surface area contributed by atoms with Crippen LogP contribution in [0, 0.1) is 0 Å². The minimum absolute atomic E-state index is 0.224. The second-order valence-corrected chi connectivity index (χ2v) is 4.08. The normalized spacial score (nSPS) is 12.6. The van der Waals surface area contributed by atoms with Crippen LogP contribution in [0.1, 0.15) is 24.2 Å². The molecule has 3 heteroatoms. The number of rotatable bonds is 4. The Bertz CT molecular complexity index is 383. The third-order valence-electron chi connectivity index (χ3n) is 2.27. The van der Waals surface area contributed by atoms with E-state index in [1.165, 1.54) is 5.56 Å². The van der Waals surface area contributed by atoms with Crippen LogP contribution in [0.3, 0.4) is 0 Å². The van der Waals surface area contributed by atoms with Crippen molar-refractivity contribution in [3.05, 3.63) is 52.5 Å². The first kappa shape index (κ1) is 10.3. The molecule has 2 heterocycles. The van der Waals surface area contributed by atoms with E-state index in [2.05, 4.69) is 40.1 Å². The highest BCUT2D eigenvalue weighted by Crippen LogP contribution is 2.21. The Morgan fingerprint density at radius 2 is 2.33 bits per heavy atom. The van der Waals surface area contributed by atoms with E-state index >= 15 is 0 Å². The van der Waals surface area contributed by atoms with Gasteiger partial charge in [0.25, 0.3) is 0 Å². The van der Waals surface area contributed by atoms with E-state index in [0.717, 1.165) is 12.2 Å². The maximum atomic E-state index is 4.40. The summed E-state index contributed by atoms with van der Waals surface area (Å²) in [5.41, 5.74) is 2.37. The lowest BCUT2D eigenvalue weighted by molar-refractivity contribution is 0.617. The van der Waals surface area contributed by atoms with Crippen LogP contribution < -0.4 is 5.32 Å². The first-order chi connectivity index (χ1) is 7.42. The van der Waals surface area contributed by atoms with Gasteiger partial charge in [-0.25, -0.2) is 0 Å². The SMILES string of the molecule is CCNC(c1ccsc1)c1ccccn1. The molecule has 0 aromatic carbocycles. The summed E-state index contributed by atoms with van der Waals surface area (Å²) in [6.45, 7) is 3.05. The monoisotopic (exact) mass is 218 g/mol. The molecule has 78 valence electrons. The van der Waals surface area contributed by atoms with Crippen LogP contribution in [0.15, 0.2) is 41.2 Å². The van der Waals surface area contributed by atoms with Gasteiger partial charge in [0.1, 0.15) is 0 Å². The molecule has 0 bridgehead atoms. The minimum Gasteiger partial charge on any atom is -0.305 e. The third-order valence-corrected chi connectivity index (χ3v) is 2.97. The highest BCUT2D eigenvalue weighted by atomic mass is 32.1. The minimum atomic E-state index is 0.224. The van der Waals surface area contributed by atoms with E-state index in [1.54, 1.807) is 11.3 Å². The summed E-state index contributed by atoms with van der Waals surface area (Å²) in [4.78, 5) is 4.40. The Morgan fingerprint density at radius 1 is 1.40 bits per heavy atom. The van der Waals surface area contributed by atoms with Crippen LogP contribution in [0.4, 0.5) is 0 Å². The average molecular weight is 218 g/mol. The Morgan fingerprint density at radius 3 is 2.93 bits per heavy atom. The van der Waals surface area contributed by atoms with Gasteiger partial charge in [-0.1, -0.05) is 13.0 Å². The molecule has 1 atom stereocenters. The van der Waals surface area contributed by atoms with E-state index in [-0.39, 0.29) is 6.04 Å². The van der Waals surface area contributed by atoms with Crippen molar-refractivity contribution in [3.63, 3.8) is 0 Å². The van der Waals surface area contributed by atoms with Gasteiger partial charge in [-0.05, 0) is 41.1 Å². The summed E-state index contributed by atoms with van der Waals surface area (Å²) in [6, 6.07) is 8.40. The summed E-state index contributed by atoms with van der Waals surface area (Å²) in [7, 11) is 0. The highest BCUT2D eigenvalue weighted by Gasteiger charge is 2.13. The Hall–Kier alpha value is -1.19. The van der Waals surface area contributed by atoms with Gasteiger partial charge < -0.3 is 5.32 Å². The van der Waals surface area contributed by atoms with Crippen LogP contribution >= 0.6 is 11.3 Å². The number of aromatic nitrogens is 1. The fourth-order valence-corrected chi connectivity index (χ4v) is 2.27. The van der Waals surface area contributed by atoms with Gasteiger partial charge in [0.2, 0.25) is 0 Å². The van der Waals surface area contributed by atoms with Crippen LogP contribution in [-0.2, 0) is 0 Å². The maximum Gasteiger partial charge on any atom is 0.0759 e. The van der Waals surface area contributed by atoms with Crippen molar-refractivity contribution < 1.29 is 0 Å². The smallest absolute Gasteiger partial charge is 0.0759 e. The number of hydrogen-bond acceptors (Lipinski definition) is 3. The second kappa shape index (κ2) is 5.05. The predicted octanol–water partition coefficient (Wildman–Crippen LogP) is 2.84. The second-order valence-electron chi connectivity index (χ2n) is 3.30. The summed E-state index contributed by atoms with van der Waals surface area (Å²) >= 11 is 1.72. The van der Waals surface area contributed by atoms with Crippen molar-refractivity contribution in [1.82, 2.24) is 10.3 Å². The van der Waals surface area contributed by atoms with Crippen LogP contribution in [0.2, 0.25) is 0 Å². The zero-order chi connectivity index (χ0) is 10.5. The molecule has 0 saturated carbocycles. The quantitative estimate of drug-likeness (QED) is 0.853. The Kier molecular flexibility index (Phi) is 3.48. The molecule has 1 N–H and O–H groups in total. The summed E-state index contributed by atoms with van der Waals surface area (Å²) < 4.78 is 0. The van der Waals surface area contributed by atoms with Crippen LogP contribution in [-0.4, -0.2) is 11.5 Å². The van der Waals surface area contributed by atoms with Crippen molar-refractivity contribution in [2.75, 3.05) is 6.54 Å². The molecule has 1 unspecified atom stereocenters. The summed E-state index contributed by atoms with van der Waals surface area (Å²) in [5.74, 6) is 0. The highest BCUT2D eigenvalue weighted by molar-refractivity contribution is 7.08. The number of nitrogens with zero attached hydrogens (tertiary/aromatic N) is 1. The number of pyridine rings is 1. The van der Waals surface area contributed by atoms with E-state index in [4.69, 9.17) is 0 Å². The molecule has 2 nitrogen and oxygen atoms in total. The maximum absolute atomic E-state index is 4.40. The molecule has 15 heavy (non-hydrogen) atoms. The zero-order valence-corrected chi connectivity index (χ0v) is 9.50. The van der Waals surface area contributed by atoms with E-state index < -0.39 is 0 Å². The average Bonchev–Trinajstić information content (AvgIpc) is 2.80. The van der Waals surface area contributed by atoms with E-state index in [9.17, 15) is 0 Å². The lowest BCUT2D eigenvalue weighted by Gasteiger charge is -2.15. The molecule has 0 amide bonds. The van der Waals surface area contributed by atoms with Crippen molar-refractivity contribution >= 4 is 11.3 Å². The van der Waals surface area contributed by atoms with Gasteiger partial charge in [0.05, 0.1) is 11.7 Å². The molecular weight excluding hydrogens is 204 g/mol. The fraction of sp³-hybridized carbons (Fsp3) is 0.250. The number of hydrogen-bond donors (Lipinski definition) is 1. The van der Waals surface area contributed by atoms with E-state index in [1.807, 2.05) is 18.3 Å². The molecule has 0 radical (unpaired) electrons. The topological polar surface area (TPSA) is 24.9 Å². The molecule has 2 rings (SSSR count). The Balaban J connectivity index is 2.28. The number of nitrogens with one attached hydrogen (secondary N) is 1. The molecule has 0 fully saturated rings. The number of thiophene rings is 1. The molecule has 2 aromatic heterocycles. The van der Waals surface area contributed by atoms with Crippen LogP contribution in [0.25, 0.3) is 0 Å². The van der Waals surface area contributed by atoms with Gasteiger partial charge in [0, 0.05) is 6.20 Å². The fourth-order valence-electron chi connectivity index (χ4n) is 1.58. The summed E-state index contributed by atoms with van der Waals surface area (Å²) in [6.07, 6.45) is 1.84. The van der Waals surface area contributed by atoms with Gasteiger partial charge in [-0.2, -0.15) is 11.3 Å². The predicted molar refractivity (Wildman–Crippen MR) is 64.1 cm³/mol. The standard InChI is InChI=1S/C12H14N2S/c1-2-13-12(10-6-8-15-9-10)11-5-3-4-7-14-11/h3-9,12-13H,2H2,1H3. The van der Waals surface area contributed by atoms with Gasteiger partial charge in [0.15, 0.2) is 0 Å². The third kappa shape index (κ3) is 2.43. The van der Waals surface area contributed by atoms with Crippen molar-refractivity contribution in [1.29, 1.82) is 0 Å². The zero-order valence-electron chi connectivity index (χ0n) is 8.68. The van der Waals surface area contributed by atoms with Crippen LogP contribution in [0.5, 0.6) is 0 Å². The van der Waals surface area contributed by atoms with E-state index in [0.29, 0.717) is 0 Å². The van der Waals surface area contributed by atoms with Crippen molar-refractivity contribution in [3.8, 4) is 0 Å². The Labute approximate surface area is 94.0 Å².